The second-order valence-electron chi connectivity index (χ2n) is 7.92. The first-order valence-corrected chi connectivity index (χ1v) is 10.1. The zero-order valence-electron chi connectivity index (χ0n) is 16.2. The van der Waals surface area contributed by atoms with Gasteiger partial charge in [0.25, 0.3) is 11.1 Å². The van der Waals surface area contributed by atoms with E-state index in [4.69, 9.17) is 11.7 Å². The van der Waals surface area contributed by atoms with Gasteiger partial charge in [-0.05, 0) is 0 Å². The maximum atomic E-state index is 12.3. The molecular formula is C15H24N8O2S2. The van der Waals surface area contributed by atoms with Crippen molar-refractivity contribution in [3.63, 3.8) is 0 Å². The number of thioether (sulfide) groups is 2. The van der Waals surface area contributed by atoms with Crippen molar-refractivity contribution in [3.05, 3.63) is 32.1 Å². The molecule has 2 aromatic rings. The lowest BCUT2D eigenvalue weighted by Gasteiger charge is -2.17. The molecule has 0 aliphatic heterocycles. The Labute approximate surface area is 165 Å². The van der Waals surface area contributed by atoms with E-state index in [1.54, 1.807) is 0 Å². The van der Waals surface area contributed by atoms with Gasteiger partial charge in [-0.1, -0.05) is 65.1 Å². The number of nitrogen functional groups attached to an aromatic ring is 2. The Hall–Kier alpha value is -2.08. The number of nitrogens with zero attached hydrogens (tertiary/aromatic N) is 6. The Kier molecular flexibility index (Phi) is 5.90. The van der Waals surface area contributed by atoms with Crippen LogP contribution < -0.4 is 22.8 Å². The molecule has 0 amide bonds. The van der Waals surface area contributed by atoms with E-state index in [1.165, 1.54) is 23.5 Å². The van der Waals surface area contributed by atoms with Crippen LogP contribution in [0.25, 0.3) is 0 Å². The van der Waals surface area contributed by atoms with Crippen molar-refractivity contribution in [2.75, 3.05) is 16.8 Å². The molecule has 2 rings (SSSR count). The molecule has 0 radical (unpaired) electrons. The van der Waals surface area contributed by atoms with Crippen LogP contribution in [-0.4, -0.2) is 34.8 Å². The van der Waals surface area contributed by atoms with Gasteiger partial charge in [-0.25, -0.2) is 0 Å². The predicted molar refractivity (Wildman–Crippen MR) is 107 cm³/mol. The van der Waals surface area contributed by atoms with Crippen LogP contribution >= 0.6 is 23.5 Å². The summed E-state index contributed by atoms with van der Waals surface area (Å²) in [5.74, 6) is 11.7. The van der Waals surface area contributed by atoms with E-state index < -0.39 is 21.9 Å². The van der Waals surface area contributed by atoms with E-state index in [9.17, 15) is 9.59 Å². The van der Waals surface area contributed by atoms with Crippen molar-refractivity contribution in [1.29, 1.82) is 0 Å². The molecule has 10 nitrogen and oxygen atoms in total. The molecule has 0 saturated heterocycles. The first-order valence-electron chi connectivity index (χ1n) is 8.10. The van der Waals surface area contributed by atoms with Crippen LogP contribution in [0.5, 0.6) is 0 Å². The van der Waals surface area contributed by atoms with Gasteiger partial charge in [0.15, 0.2) is 0 Å². The Morgan fingerprint density at radius 2 is 1.07 bits per heavy atom. The molecule has 0 fully saturated rings. The third kappa shape index (κ3) is 4.61. The van der Waals surface area contributed by atoms with E-state index >= 15 is 0 Å². The second kappa shape index (κ2) is 7.50. The van der Waals surface area contributed by atoms with Crippen LogP contribution in [0.15, 0.2) is 19.9 Å². The van der Waals surface area contributed by atoms with Gasteiger partial charge in [0, 0.05) is 10.8 Å². The fraction of sp³-hybridized carbons (Fsp3) is 0.600. The van der Waals surface area contributed by atoms with Crippen LogP contribution in [0.1, 0.15) is 52.9 Å². The van der Waals surface area contributed by atoms with E-state index in [2.05, 4.69) is 20.4 Å². The monoisotopic (exact) mass is 412 g/mol. The summed E-state index contributed by atoms with van der Waals surface area (Å²) in [6.07, 6.45) is 0. The fourth-order valence-electron chi connectivity index (χ4n) is 2.04. The third-order valence-electron chi connectivity index (χ3n) is 3.52. The molecule has 0 aromatic carbocycles. The largest absolute Gasteiger partial charge is 0.334 e. The lowest BCUT2D eigenvalue weighted by molar-refractivity contribution is 0.520. The SMILES string of the molecule is CC(C)(C)c1nnc(SCSc2nnc(C(C)(C)C)c(=O)n2N)n(N)c1=O. The molecule has 0 unspecified atom stereocenters. The molecule has 0 spiro atoms. The lowest BCUT2D eigenvalue weighted by Crippen LogP contribution is -2.38. The fourth-order valence-corrected chi connectivity index (χ4v) is 3.76. The molecule has 148 valence electrons. The van der Waals surface area contributed by atoms with Crippen LogP contribution in [0.3, 0.4) is 0 Å². The average Bonchev–Trinajstić information content (AvgIpc) is 2.53. The number of aromatic nitrogens is 6. The van der Waals surface area contributed by atoms with Gasteiger partial charge < -0.3 is 11.7 Å². The lowest BCUT2D eigenvalue weighted by atomic mass is 9.93. The number of hydrogen-bond donors (Lipinski definition) is 2. The van der Waals surface area contributed by atoms with Gasteiger partial charge in [0.2, 0.25) is 10.3 Å². The molecular weight excluding hydrogens is 388 g/mol. The molecule has 0 atom stereocenters. The van der Waals surface area contributed by atoms with Crippen molar-refractivity contribution in [1.82, 2.24) is 29.7 Å². The maximum absolute atomic E-state index is 12.3. The normalized spacial score (nSPS) is 12.4. The van der Waals surface area contributed by atoms with E-state index in [0.717, 1.165) is 9.35 Å². The van der Waals surface area contributed by atoms with E-state index in [-0.39, 0.29) is 10.3 Å². The highest BCUT2D eigenvalue weighted by Gasteiger charge is 2.24. The number of hydrogen-bond acceptors (Lipinski definition) is 10. The molecule has 0 aliphatic rings. The molecule has 27 heavy (non-hydrogen) atoms. The summed E-state index contributed by atoms with van der Waals surface area (Å²) in [5, 5.41) is 16.9. The highest BCUT2D eigenvalue weighted by molar-refractivity contribution is 8.15. The minimum Gasteiger partial charge on any atom is -0.334 e. The Morgan fingerprint density at radius 3 is 1.37 bits per heavy atom. The number of rotatable bonds is 4. The average molecular weight is 413 g/mol. The van der Waals surface area contributed by atoms with Gasteiger partial charge in [0.05, 0.1) is 5.08 Å². The highest BCUT2D eigenvalue weighted by atomic mass is 32.2. The third-order valence-corrected chi connectivity index (χ3v) is 5.54. The van der Waals surface area contributed by atoms with Crippen molar-refractivity contribution in [3.8, 4) is 0 Å². The van der Waals surface area contributed by atoms with Gasteiger partial charge in [-0.3, -0.25) is 9.59 Å². The smallest absolute Gasteiger partial charge is 0.295 e. The first-order chi connectivity index (χ1) is 12.3. The van der Waals surface area contributed by atoms with Crippen molar-refractivity contribution in [2.24, 2.45) is 0 Å². The molecule has 0 aliphatic carbocycles. The molecule has 0 bridgehead atoms. The Morgan fingerprint density at radius 1 is 0.741 bits per heavy atom. The summed E-state index contributed by atoms with van der Waals surface area (Å²) < 4.78 is 1.95. The predicted octanol–water partition coefficient (Wildman–Crippen LogP) is 0.455. The van der Waals surface area contributed by atoms with E-state index in [1.807, 2.05) is 41.5 Å². The van der Waals surface area contributed by atoms with Gasteiger partial charge >= 0.3 is 0 Å². The summed E-state index contributed by atoms with van der Waals surface area (Å²) in [5.41, 5.74) is -1.11. The molecule has 0 saturated carbocycles. The van der Waals surface area contributed by atoms with Crippen molar-refractivity contribution < 1.29 is 0 Å². The van der Waals surface area contributed by atoms with E-state index in [0.29, 0.717) is 16.5 Å². The molecule has 2 aromatic heterocycles. The van der Waals surface area contributed by atoms with Gasteiger partial charge in [-0.2, -0.15) is 9.35 Å². The summed E-state index contributed by atoms with van der Waals surface area (Å²) in [6, 6.07) is 0. The second-order valence-corrected chi connectivity index (χ2v) is 10.2. The van der Waals surface area contributed by atoms with Gasteiger partial charge in [0.1, 0.15) is 11.4 Å². The summed E-state index contributed by atoms with van der Waals surface area (Å²) >= 11 is 2.38. The van der Waals surface area contributed by atoms with Crippen molar-refractivity contribution in [2.45, 2.75) is 62.7 Å². The maximum Gasteiger partial charge on any atom is 0.295 e. The first kappa shape index (κ1) is 21.2. The van der Waals surface area contributed by atoms with Gasteiger partial charge in [-0.15, -0.1) is 20.4 Å². The standard InChI is InChI=1S/C15H24N8O2S2/c1-14(2,3)8-10(24)22(16)12(20-18-8)26-7-27-13-21-19-9(15(4,5)6)11(25)23(13)17/h7,16-17H2,1-6H3. The molecule has 12 heteroatoms. The highest BCUT2D eigenvalue weighted by Crippen LogP contribution is 2.24. The quantitative estimate of drug-likeness (QED) is 0.412. The van der Waals surface area contributed by atoms with Crippen LogP contribution in [0, 0.1) is 0 Å². The van der Waals surface area contributed by atoms with Crippen LogP contribution in [0.4, 0.5) is 0 Å². The minimum absolute atomic E-state index is 0.255. The molecule has 2 heterocycles. The summed E-state index contributed by atoms with van der Waals surface area (Å²) in [6.45, 7) is 11.2. The van der Waals surface area contributed by atoms with Crippen molar-refractivity contribution >= 4 is 23.5 Å². The summed E-state index contributed by atoms with van der Waals surface area (Å²) in [7, 11) is 0. The zero-order chi connectivity index (χ0) is 20.6. The minimum atomic E-state index is -0.455. The Bertz CT molecular complexity index is 879. The topological polar surface area (TPSA) is 148 Å². The molecule has 4 N–H and O–H groups in total. The number of nitrogens with two attached hydrogens (primary N) is 2. The van der Waals surface area contributed by atoms with Crippen LogP contribution in [-0.2, 0) is 10.8 Å². The zero-order valence-corrected chi connectivity index (χ0v) is 17.8. The Balaban J connectivity index is 2.16. The summed E-state index contributed by atoms with van der Waals surface area (Å²) in [4.78, 5) is 24.7. The van der Waals surface area contributed by atoms with Crippen LogP contribution in [0.2, 0.25) is 0 Å².